The smallest absolute Gasteiger partial charge is 0.0711 e. The molecule has 0 saturated carbocycles. The Bertz CT molecular complexity index is 2180. The summed E-state index contributed by atoms with van der Waals surface area (Å²) in [5.41, 5.74) is 11.9. The molecule has 0 aliphatic carbocycles. The maximum Gasteiger partial charge on any atom is 0.0711 e. The van der Waals surface area contributed by atoms with Crippen LogP contribution >= 0.6 is 0 Å². The molecule has 0 fully saturated rings. The van der Waals surface area contributed by atoms with Crippen molar-refractivity contribution in [3.05, 3.63) is 186 Å². The average molecular weight is 564 g/mol. The predicted molar refractivity (Wildman–Crippen MR) is 185 cm³/mol. The minimum absolute atomic E-state index is 0.469. The highest BCUT2D eigenvalue weighted by molar-refractivity contribution is 6.36. The molecule has 6 aromatic carbocycles. The van der Waals surface area contributed by atoms with Gasteiger partial charge in [0.1, 0.15) is 0 Å². The van der Waals surface area contributed by atoms with Crippen molar-refractivity contribution in [2.45, 2.75) is 0 Å². The SMILES string of the molecule is N=C(/C(=C1\NC(c2ccccc2)=Cc2ccccc21)c1ccccc1)c1ccc(-n2c3ccccc3c3ccccc32)cc1. The molecule has 1 aromatic heterocycles. The lowest BCUT2D eigenvalue weighted by Gasteiger charge is -2.26. The zero-order valence-corrected chi connectivity index (χ0v) is 24.0. The zero-order valence-electron chi connectivity index (χ0n) is 24.0. The molecule has 0 saturated heterocycles. The van der Waals surface area contributed by atoms with Crippen molar-refractivity contribution in [3.63, 3.8) is 0 Å². The first kappa shape index (κ1) is 25.8. The molecule has 0 radical (unpaired) electrons. The van der Waals surface area contributed by atoms with Crippen molar-refractivity contribution >= 4 is 50.6 Å². The molecule has 0 amide bonds. The quantitative estimate of drug-likeness (QED) is 0.201. The van der Waals surface area contributed by atoms with Crippen LogP contribution in [0.3, 0.4) is 0 Å². The third-order valence-corrected chi connectivity index (χ3v) is 8.43. The second kappa shape index (κ2) is 10.7. The standard InChI is InChI=1S/C41H29N3/c42-40(30-23-25-32(26-24-30)44-37-21-11-9-19-34(37)35-20-10-12-22-38(35)44)39(29-15-5-2-6-16-29)41-33-18-8-7-17-31(33)27-36(43-41)28-13-3-1-4-14-28/h1-27,42-43H/b41-39-,42-40?. The van der Waals surface area contributed by atoms with Crippen LogP contribution in [0.15, 0.2) is 158 Å². The molecule has 3 heteroatoms. The number of nitrogens with one attached hydrogen (secondary N) is 2. The largest absolute Gasteiger partial charge is 0.354 e. The minimum atomic E-state index is 0.469. The molecule has 0 unspecified atom stereocenters. The molecule has 0 atom stereocenters. The molecule has 8 rings (SSSR count). The van der Waals surface area contributed by atoms with Crippen molar-refractivity contribution in [1.82, 2.24) is 9.88 Å². The topological polar surface area (TPSA) is 40.8 Å². The van der Waals surface area contributed by atoms with Gasteiger partial charge in [-0.3, -0.25) is 5.41 Å². The summed E-state index contributed by atoms with van der Waals surface area (Å²) in [6.07, 6.45) is 2.20. The Labute approximate surface area is 256 Å². The number of rotatable bonds is 5. The van der Waals surface area contributed by atoms with Crippen molar-refractivity contribution in [2.24, 2.45) is 0 Å². The molecule has 3 nitrogen and oxygen atoms in total. The molecule has 1 aliphatic heterocycles. The van der Waals surface area contributed by atoms with E-state index < -0.39 is 0 Å². The molecule has 0 spiro atoms. The van der Waals surface area contributed by atoms with E-state index in [9.17, 15) is 5.41 Å². The van der Waals surface area contributed by atoms with E-state index in [4.69, 9.17) is 0 Å². The van der Waals surface area contributed by atoms with E-state index >= 15 is 0 Å². The maximum absolute atomic E-state index is 9.66. The monoisotopic (exact) mass is 563 g/mol. The Morgan fingerprint density at radius 1 is 0.523 bits per heavy atom. The van der Waals surface area contributed by atoms with Gasteiger partial charge in [0, 0.05) is 38.9 Å². The number of para-hydroxylation sites is 2. The number of hydrogen-bond donors (Lipinski definition) is 2. The fraction of sp³-hybridized carbons (Fsp3) is 0. The number of aromatic nitrogens is 1. The summed E-state index contributed by atoms with van der Waals surface area (Å²) in [6.45, 7) is 0. The van der Waals surface area contributed by atoms with E-state index in [1.165, 1.54) is 21.8 Å². The lowest BCUT2D eigenvalue weighted by Crippen LogP contribution is -2.20. The van der Waals surface area contributed by atoms with Crippen LogP contribution in [0.25, 0.3) is 50.5 Å². The first-order chi connectivity index (χ1) is 21.8. The average Bonchev–Trinajstić information content (AvgIpc) is 3.43. The summed E-state index contributed by atoms with van der Waals surface area (Å²) >= 11 is 0. The summed E-state index contributed by atoms with van der Waals surface area (Å²) in [5.74, 6) is 0. The second-order valence-electron chi connectivity index (χ2n) is 11.0. The minimum Gasteiger partial charge on any atom is -0.354 e. The highest BCUT2D eigenvalue weighted by Gasteiger charge is 2.23. The Hall–Kier alpha value is -5.93. The van der Waals surface area contributed by atoms with Gasteiger partial charge in [0.2, 0.25) is 0 Å². The number of fused-ring (bicyclic) bond motifs is 4. The zero-order chi connectivity index (χ0) is 29.5. The van der Waals surface area contributed by atoms with Gasteiger partial charge in [0.15, 0.2) is 0 Å². The lowest BCUT2D eigenvalue weighted by atomic mass is 9.88. The third-order valence-electron chi connectivity index (χ3n) is 8.43. The third kappa shape index (κ3) is 4.34. The van der Waals surface area contributed by atoms with Crippen LogP contribution in [-0.4, -0.2) is 10.3 Å². The molecular formula is C41H29N3. The van der Waals surface area contributed by atoms with Gasteiger partial charge in [0.05, 0.1) is 22.4 Å². The van der Waals surface area contributed by atoms with Gasteiger partial charge < -0.3 is 9.88 Å². The van der Waals surface area contributed by atoms with Crippen LogP contribution in [0.2, 0.25) is 0 Å². The Kier molecular flexibility index (Phi) is 6.28. The van der Waals surface area contributed by atoms with E-state index in [0.29, 0.717) is 5.71 Å². The van der Waals surface area contributed by atoms with Crippen molar-refractivity contribution in [1.29, 1.82) is 5.41 Å². The summed E-state index contributed by atoms with van der Waals surface area (Å²) in [6, 6.07) is 54.6. The summed E-state index contributed by atoms with van der Waals surface area (Å²) in [5, 5.41) is 15.9. The Morgan fingerprint density at radius 2 is 1.09 bits per heavy atom. The number of hydrogen-bond acceptors (Lipinski definition) is 2. The predicted octanol–water partition coefficient (Wildman–Crippen LogP) is 9.82. The highest BCUT2D eigenvalue weighted by atomic mass is 15.0. The molecule has 44 heavy (non-hydrogen) atoms. The first-order valence-corrected chi connectivity index (χ1v) is 14.9. The molecular weight excluding hydrogens is 534 g/mol. The van der Waals surface area contributed by atoms with E-state index in [1.54, 1.807) is 0 Å². The van der Waals surface area contributed by atoms with Gasteiger partial charge >= 0.3 is 0 Å². The fourth-order valence-corrected chi connectivity index (χ4v) is 6.36. The fourth-order valence-electron chi connectivity index (χ4n) is 6.36. The van der Waals surface area contributed by atoms with Crippen LogP contribution in [0.1, 0.15) is 27.8 Å². The van der Waals surface area contributed by atoms with Crippen LogP contribution in [0.4, 0.5) is 0 Å². The van der Waals surface area contributed by atoms with Crippen LogP contribution in [0.5, 0.6) is 0 Å². The summed E-state index contributed by atoms with van der Waals surface area (Å²) < 4.78 is 2.31. The highest BCUT2D eigenvalue weighted by Crippen LogP contribution is 2.37. The van der Waals surface area contributed by atoms with E-state index in [0.717, 1.165) is 50.5 Å². The Balaban J connectivity index is 1.27. The number of allylic oxidation sites excluding steroid dienone is 1. The van der Waals surface area contributed by atoms with Crippen molar-refractivity contribution in [3.8, 4) is 5.69 Å². The number of benzene rings is 6. The lowest BCUT2D eigenvalue weighted by molar-refractivity contribution is 1.18. The maximum atomic E-state index is 9.66. The van der Waals surface area contributed by atoms with Crippen LogP contribution in [-0.2, 0) is 0 Å². The first-order valence-electron chi connectivity index (χ1n) is 14.9. The summed E-state index contributed by atoms with van der Waals surface area (Å²) in [4.78, 5) is 0. The van der Waals surface area contributed by atoms with Gasteiger partial charge in [-0.05, 0) is 47.0 Å². The second-order valence-corrected chi connectivity index (χ2v) is 11.0. The normalized spacial score (nSPS) is 13.7. The molecule has 0 bridgehead atoms. The van der Waals surface area contributed by atoms with Gasteiger partial charge in [0.25, 0.3) is 0 Å². The van der Waals surface area contributed by atoms with Gasteiger partial charge in [-0.1, -0.05) is 133 Å². The summed E-state index contributed by atoms with van der Waals surface area (Å²) in [7, 11) is 0. The van der Waals surface area contributed by atoms with Crippen LogP contribution < -0.4 is 5.32 Å². The molecule has 208 valence electrons. The van der Waals surface area contributed by atoms with Gasteiger partial charge in [-0.25, -0.2) is 0 Å². The van der Waals surface area contributed by atoms with Crippen molar-refractivity contribution in [2.75, 3.05) is 0 Å². The molecule has 1 aliphatic rings. The van der Waals surface area contributed by atoms with Gasteiger partial charge in [-0.2, -0.15) is 0 Å². The number of nitrogens with zero attached hydrogens (tertiary/aromatic N) is 1. The van der Waals surface area contributed by atoms with Crippen LogP contribution in [0, 0.1) is 5.41 Å². The molecule has 7 aromatic rings. The van der Waals surface area contributed by atoms with Gasteiger partial charge in [-0.15, -0.1) is 0 Å². The van der Waals surface area contributed by atoms with E-state index in [-0.39, 0.29) is 0 Å². The van der Waals surface area contributed by atoms with E-state index in [2.05, 4.69) is 149 Å². The van der Waals surface area contributed by atoms with E-state index in [1.807, 2.05) is 24.3 Å². The molecule has 2 heterocycles. The molecule has 2 N–H and O–H groups in total. The Morgan fingerprint density at radius 3 is 1.77 bits per heavy atom. The van der Waals surface area contributed by atoms with Crippen molar-refractivity contribution < 1.29 is 0 Å².